The maximum atomic E-state index is 12.8. The van der Waals surface area contributed by atoms with Gasteiger partial charge in [-0.1, -0.05) is 30.3 Å². The van der Waals surface area contributed by atoms with Crippen molar-refractivity contribution in [1.82, 2.24) is 14.9 Å². The van der Waals surface area contributed by atoms with E-state index >= 15 is 0 Å². The molecule has 8 heteroatoms. The Morgan fingerprint density at radius 3 is 2.61 bits per heavy atom. The van der Waals surface area contributed by atoms with Crippen LogP contribution in [0.3, 0.4) is 0 Å². The van der Waals surface area contributed by atoms with Crippen LogP contribution in [0.2, 0.25) is 0 Å². The monoisotopic (exact) mass is 397 g/mol. The summed E-state index contributed by atoms with van der Waals surface area (Å²) in [7, 11) is 1.28. The molecule has 0 spiro atoms. The van der Waals surface area contributed by atoms with Crippen molar-refractivity contribution in [2.45, 2.75) is 19.5 Å². The van der Waals surface area contributed by atoms with Gasteiger partial charge in [-0.3, -0.25) is 14.2 Å². The molecule has 1 amide bonds. The molecule has 1 aromatic heterocycles. The standard InChI is InChI=1S/C20H19N3O4S/c1-12(13-6-4-3-5-7-13)21-17(24)11-23-18(25)15-9-8-14(19(26)27-2)10-16(15)22-20(23)28/h3-10,12H,11H2,1-2H3,(H,21,24)(H,22,28). The second-order valence-electron chi connectivity index (χ2n) is 6.27. The lowest BCUT2D eigenvalue weighted by molar-refractivity contribution is -0.122. The molecule has 7 nitrogen and oxygen atoms in total. The van der Waals surface area contributed by atoms with Gasteiger partial charge in [-0.05, 0) is 42.9 Å². The van der Waals surface area contributed by atoms with Gasteiger partial charge in [0.2, 0.25) is 5.91 Å². The molecular formula is C20H19N3O4S. The minimum atomic E-state index is -0.514. The van der Waals surface area contributed by atoms with E-state index in [1.54, 1.807) is 0 Å². The lowest BCUT2D eigenvalue weighted by atomic mass is 10.1. The minimum absolute atomic E-state index is 0.0991. The van der Waals surface area contributed by atoms with Gasteiger partial charge in [-0.2, -0.15) is 0 Å². The number of hydrogen-bond donors (Lipinski definition) is 2. The van der Waals surface area contributed by atoms with E-state index in [4.69, 9.17) is 12.2 Å². The molecule has 0 saturated carbocycles. The van der Waals surface area contributed by atoms with Gasteiger partial charge in [0.15, 0.2) is 4.77 Å². The number of hydrogen-bond acceptors (Lipinski definition) is 5. The number of aromatic amines is 1. The second-order valence-corrected chi connectivity index (χ2v) is 6.66. The zero-order valence-corrected chi connectivity index (χ0v) is 16.2. The van der Waals surface area contributed by atoms with Gasteiger partial charge in [-0.25, -0.2) is 4.79 Å². The highest BCUT2D eigenvalue weighted by Crippen LogP contribution is 2.13. The fourth-order valence-electron chi connectivity index (χ4n) is 2.90. The van der Waals surface area contributed by atoms with Crippen LogP contribution in [-0.2, 0) is 16.1 Å². The summed E-state index contributed by atoms with van der Waals surface area (Å²) in [5.74, 6) is -0.844. The summed E-state index contributed by atoms with van der Waals surface area (Å²) in [6, 6.07) is 13.8. The Morgan fingerprint density at radius 2 is 1.93 bits per heavy atom. The van der Waals surface area contributed by atoms with Crippen molar-refractivity contribution in [3.8, 4) is 0 Å². The fraction of sp³-hybridized carbons (Fsp3) is 0.200. The van der Waals surface area contributed by atoms with Crippen molar-refractivity contribution in [2.75, 3.05) is 7.11 Å². The largest absolute Gasteiger partial charge is 0.465 e. The Labute approximate surface area is 166 Å². The van der Waals surface area contributed by atoms with E-state index in [0.29, 0.717) is 16.5 Å². The number of aromatic nitrogens is 2. The Balaban J connectivity index is 1.87. The topological polar surface area (TPSA) is 93.2 Å². The van der Waals surface area contributed by atoms with Gasteiger partial charge in [0.1, 0.15) is 6.54 Å². The van der Waals surface area contributed by atoms with Crippen molar-refractivity contribution in [2.24, 2.45) is 0 Å². The number of ether oxygens (including phenoxy) is 1. The molecule has 3 rings (SSSR count). The number of amides is 1. The SMILES string of the molecule is COC(=O)c1ccc2c(=O)n(CC(=O)NC(C)c3ccccc3)c(=S)[nH]c2c1. The molecule has 0 saturated heterocycles. The maximum absolute atomic E-state index is 12.8. The number of carbonyl (C=O) groups is 2. The molecule has 1 unspecified atom stereocenters. The molecule has 3 aromatic rings. The molecule has 28 heavy (non-hydrogen) atoms. The molecule has 1 atom stereocenters. The van der Waals surface area contributed by atoms with Crippen molar-refractivity contribution in [3.63, 3.8) is 0 Å². The number of rotatable bonds is 5. The molecule has 1 heterocycles. The van der Waals surface area contributed by atoms with E-state index in [9.17, 15) is 14.4 Å². The zero-order chi connectivity index (χ0) is 20.3. The lowest BCUT2D eigenvalue weighted by Gasteiger charge is -2.15. The average molecular weight is 397 g/mol. The van der Waals surface area contributed by atoms with Crippen LogP contribution in [0, 0.1) is 4.77 Å². The molecule has 2 aromatic carbocycles. The van der Waals surface area contributed by atoms with Crippen LogP contribution >= 0.6 is 12.2 Å². The smallest absolute Gasteiger partial charge is 0.337 e. The van der Waals surface area contributed by atoms with Crippen molar-refractivity contribution in [1.29, 1.82) is 0 Å². The van der Waals surface area contributed by atoms with E-state index in [1.165, 1.54) is 29.9 Å². The number of carbonyl (C=O) groups excluding carboxylic acids is 2. The number of methoxy groups -OCH3 is 1. The quantitative estimate of drug-likeness (QED) is 0.510. The summed E-state index contributed by atoms with van der Waals surface area (Å²) in [6.07, 6.45) is 0. The highest BCUT2D eigenvalue weighted by molar-refractivity contribution is 7.71. The third-order valence-electron chi connectivity index (χ3n) is 4.38. The molecule has 0 fully saturated rings. The predicted octanol–water partition coefficient (Wildman–Crippen LogP) is 2.72. The van der Waals surface area contributed by atoms with Gasteiger partial charge in [0.05, 0.1) is 29.6 Å². The van der Waals surface area contributed by atoms with Crippen molar-refractivity contribution < 1.29 is 14.3 Å². The number of esters is 1. The van der Waals surface area contributed by atoms with Crippen LogP contribution in [0.1, 0.15) is 28.9 Å². The van der Waals surface area contributed by atoms with Crippen LogP contribution in [0.4, 0.5) is 0 Å². The third kappa shape index (κ3) is 4.01. The first kappa shape index (κ1) is 19.5. The molecule has 0 bridgehead atoms. The zero-order valence-electron chi connectivity index (χ0n) is 15.4. The summed E-state index contributed by atoms with van der Waals surface area (Å²) in [6.45, 7) is 1.66. The van der Waals surface area contributed by atoms with E-state index in [2.05, 4.69) is 15.0 Å². The summed E-state index contributed by atoms with van der Waals surface area (Å²) in [5, 5.41) is 3.18. The minimum Gasteiger partial charge on any atom is -0.465 e. The Morgan fingerprint density at radius 1 is 1.21 bits per heavy atom. The third-order valence-corrected chi connectivity index (χ3v) is 4.70. The van der Waals surface area contributed by atoms with Gasteiger partial charge >= 0.3 is 5.97 Å². The van der Waals surface area contributed by atoms with Gasteiger partial charge < -0.3 is 15.0 Å². The lowest BCUT2D eigenvalue weighted by Crippen LogP contribution is -2.34. The molecule has 0 radical (unpaired) electrons. The first-order chi connectivity index (χ1) is 13.4. The first-order valence-corrected chi connectivity index (χ1v) is 9.01. The Hall–Kier alpha value is -3.26. The predicted molar refractivity (Wildman–Crippen MR) is 108 cm³/mol. The van der Waals surface area contributed by atoms with Crippen molar-refractivity contribution in [3.05, 3.63) is 74.8 Å². The Bertz CT molecular complexity index is 1150. The number of benzene rings is 2. The van der Waals surface area contributed by atoms with Crippen LogP contribution in [-0.4, -0.2) is 28.5 Å². The van der Waals surface area contributed by atoms with E-state index in [1.807, 2.05) is 37.3 Å². The molecular weight excluding hydrogens is 378 g/mol. The number of H-pyrrole nitrogens is 1. The van der Waals surface area contributed by atoms with E-state index < -0.39 is 11.5 Å². The molecule has 0 aliphatic rings. The summed E-state index contributed by atoms with van der Waals surface area (Å²) in [4.78, 5) is 39.8. The highest BCUT2D eigenvalue weighted by atomic mass is 32.1. The molecule has 0 aliphatic carbocycles. The van der Waals surface area contributed by atoms with Gasteiger partial charge in [0.25, 0.3) is 5.56 Å². The fourth-order valence-corrected chi connectivity index (χ4v) is 3.16. The van der Waals surface area contributed by atoms with Gasteiger partial charge in [0, 0.05) is 0 Å². The second kappa shape index (κ2) is 8.18. The number of nitrogens with one attached hydrogen (secondary N) is 2. The normalized spacial score (nSPS) is 11.8. The Kier molecular flexibility index (Phi) is 5.70. The summed E-state index contributed by atoms with van der Waals surface area (Å²) in [5.41, 5.74) is 1.26. The summed E-state index contributed by atoms with van der Waals surface area (Å²) < 4.78 is 5.98. The van der Waals surface area contributed by atoms with Crippen LogP contribution < -0.4 is 10.9 Å². The van der Waals surface area contributed by atoms with Crippen LogP contribution in [0.25, 0.3) is 10.9 Å². The van der Waals surface area contributed by atoms with Crippen LogP contribution in [0.5, 0.6) is 0 Å². The number of nitrogens with zero attached hydrogens (tertiary/aromatic N) is 1. The maximum Gasteiger partial charge on any atom is 0.337 e. The van der Waals surface area contributed by atoms with Crippen molar-refractivity contribution >= 4 is 35.0 Å². The molecule has 2 N–H and O–H groups in total. The van der Waals surface area contributed by atoms with E-state index in [0.717, 1.165) is 5.56 Å². The molecule has 0 aliphatic heterocycles. The molecule has 144 valence electrons. The summed E-state index contributed by atoms with van der Waals surface area (Å²) >= 11 is 5.24. The number of fused-ring (bicyclic) bond motifs is 1. The first-order valence-electron chi connectivity index (χ1n) is 8.60. The van der Waals surface area contributed by atoms with Crippen LogP contribution in [0.15, 0.2) is 53.3 Å². The highest BCUT2D eigenvalue weighted by Gasteiger charge is 2.14. The van der Waals surface area contributed by atoms with E-state index in [-0.39, 0.29) is 23.3 Å². The average Bonchev–Trinajstić information content (AvgIpc) is 2.70. The van der Waals surface area contributed by atoms with Gasteiger partial charge in [-0.15, -0.1) is 0 Å².